The zero-order valence-electron chi connectivity index (χ0n) is 10.9. The van der Waals surface area contributed by atoms with Crippen molar-refractivity contribution in [2.24, 2.45) is 0 Å². The SMILES string of the molecule is CCc1ccc(C(Br)c2ccc(OC)cc2C)s1. The van der Waals surface area contributed by atoms with Gasteiger partial charge < -0.3 is 4.74 Å². The molecular formula is C15H17BrOS. The summed E-state index contributed by atoms with van der Waals surface area (Å²) >= 11 is 5.68. The molecule has 1 aromatic heterocycles. The van der Waals surface area contributed by atoms with E-state index in [1.54, 1.807) is 7.11 Å². The van der Waals surface area contributed by atoms with E-state index in [0.717, 1.165) is 12.2 Å². The van der Waals surface area contributed by atoms with Gasteiger partial charge in [-0.2, -0.15) is 0 Å². The molecule has 0 aliphatic rings. The number of rotatable bonds is 4. The molecule has 0 saturated carbocycles. The maximum absolute atomic E-state index is 5.24. The van der Waals surface area contributed by atoms with Crippen molar-refractivity contribution in [2.45, 2.75) is 25.1 Å². The number of aryl methyl sites for hydroxylation is 2. The Labute approximate surface area is 121 Å². The molecule has 0 saturated heterocycles. The number of thiophene rings is 1. The Hall–Kier alpha value is -0.800. The predicted octanol–water partition coefficient (Wildman–Crippen LogP) is 5.11. The van der Waals surface area contributed by atoms with E-state index in [1.807, 2.05) is 17.4 Å². The van der Waals surface area contributed by atoms with Gasteiger partial charge in [0.2, 0.25) is 0 Å². The third-order valence-corrected chi connectivity index (χ3v) is 5.61. The van der Waals surface area contributed by atoms with Gasteiger partial charge in [-0.1, -0.05) is 28.9 Å². The van der Waals surface area contributed by atoms with Crippen molar-refractivity contribution in [2.75, 3.05) is 7.11 Å². The van der Waals surface area contributed by atoms with Gasteiger partial charge in [0.15, 0.2) is 0 Å². The van der Waals surface area contributed by atoms with Gasteiger partial charge in [-0.15, -0.1) is 11.3 Å². The van der Waals surface area contributed by atoms with Gasteiger partial charge >= 0.3 is 0 Å². The van der Waals surface area contributed by atoms with E-state index in [9.17, 15) is 0 Å². The summed E-state index contributed by atoms with van der Waals surface area (Å²) in [4.78, 5) is 3.06. The summed E-state index contributed by atoms with van der Waals surface area (Å²) in [5, 5.41) is 0. The Kier molecular flexibility index (Phi) is 4.46. The average Bonchev–Trinajstić information content (AvgIpc) is 2.86. The van der Waals surface area contributed by atoms with Crippen LogP contribution in [-0.2, 0) is 6.42 Å². The van der Waals surface area contributed by atoms with E-state index in [2.05, 4.69) is 54.0 Å². The highest BCUT2D eigenvalue weighted by Gasteiger charge is 2.15. The molecule has 0 bridgehead atoms. The minimum absolute atomic E-state index is 0.272. The van der Waals surface area contributed by atoms with E-state index in [0.29, 0.717) is 0 Å². The van der Waals surface area contributed by atoms with Gasteiger partial charge in [-0.3, -0.25) is 0 Å². The molecule has 3 heteroatoms. The summed E-state index contributed by atoms with van der Waals surface area (Å²) < 4.78 is 5.24. The van der Waals surface area contributed by atoms with Crippen LogP contribution >= 0.6 is 27.3 Å². The molecule has 0 aliphatic heterocycles. The number of ether oxygens (including phenoxy) is 1. The normalized spacial score (nSPS) is 12.4. The van der Waals surface area contributed by atoms with E-state index in [1.165, 1.54) is 20.9 Å². The molecule has 1 atom stereocenters. The molecule has 0 N–H and O–H groups in total. The smallest absolute Gasteiger partial charge is 0.119 e. The molecule has 1 nitrogen and oxygen atoms in total. The van der Waals surface area contributed by atoms with Crippen LogP contribution in [0, 0.1) is 6.92 Å². The minimum Gasteiger partial charge on any atom is -0.497 e. The molecular weight excluding hydrogens is 308 g/mol. The maximum Gasteiger partial charge on any atom is 0.119 e. The van der Waals surface area contributed by atoms with Crippen LogP contribution in [0.1, 0.15) is 32.6 Å². The number of methoxy groups -OCH3 is 1. The Morgan fingerprint density at radius 1 is 1.28 bits per heavy atom. The highest BCUT2D eigenvalue weighted by molar-refractivity contribution is 9.09. The molecule has 96 valence electrons. The van der Waals surface area contributed by atoms with Gasteiger partial charge in [0, 0.05) is 9.75 Å². The van der Waals surface area contributed by atoms with Gasteiger partial charge in [0.25, 0.3) is 0 Å². The van der Waals surface area contributed by atoms with Gasteiger partial charge in [-0.05, 0) is 48.7 Å². The van der Waals surface area contributed by atoms with E-state index in [-0.39, 0.29) is 4.83 Å². The van der Waals surface area contributed by atoms with Crippen LogP contribution in [0.4, 0.5) is 0 Å². The molecule has 0 amide bonds. The van der Waals surface area contributed by atoms with Crippen LogP contribution in [-0.4, -0.2) is 7.11 Å². The zero-order chi connectivity index (χ0) is 13.1. The highest BCUT2D eigenvalue weighted by atomic mass is 79.9. The monoisotopic (exact) mass is 324 g/mol. The van der Waals surface area contributed by atoms with Crippen molar-refractivity contribution in [3.8, 4) is 5.75 Å². The van der Waals surface area contributed by atoms with Crippen LogP contribution < -0.4 is 4.74 Å². The molecule has 0 spiro atoms. The lowest BCUT2D eigenvalue weighted by Crippen LogP contribution is -1.94. The predicted molar refractivity (Wildman–Crippen MR) is 82.2 cm³/mol. The molecule has 1 aromatic carbocycles. The first-order valence-corrected chi connectivity index (χ1v) is 7.76. The van der Waals surface area contributed by atoms with Gasteiger partial charge in [0.05, 0.1) is 11.9 Å². The Morgan fingerprint density at radius 3 is 2.61 bits per heavy atom. The van der Waals surface area contributed by atoms with Crippen molar-refractivity contribution >= 4 is 27.3 Å². The first-order chi connectivity index (χ1) is 8.65. The fourth-order valence-electron chi connectivity index (χ4n) is 1.93. The first kappa shape index (κ1) is 13.6. The largest absolute Gasteiger partial charge is 0.497 e. The average molecular weight is 325 g/mol. The summed E-state index contributed by atoms with van der Waals surface area (Å²) in [6.45, 7) is 4.32. The highest BCUT2D eigenvalue weighted by Crippen LogP contribution is 2.37. The number of halogens is 1. The summed E-state index contributed by atoms with van der Waals surface area (Å²) in [6, 6.07) is 10.7. The van der Waals surface area contributed by atoms with Crippen LogP contribution in [0.3, 0.4) is 0 Å². The number of benzene rings is 1. The Balaban J connectivity index is 2.30. The standard InChI is InChI=1S/C15H17BrOS/c1-4-12-6-8-14(18-12)15(16)13-7-5-11(17-3)9-10(13)2/h5-9,15H,4H2,1-3H3. The van der Waals surface area contributed by atoms with Crippen molar-refractivity contribution in [1.29, 1.82) is 0 Å². The third-order valence-electron chi connectivity index (χ3n) is 3.03. The van der Waals surface area contributed by atoms with E-state index < -0.39 is 0 Å². The van der Waals surface area contributed by atoms with Gasteiger partial charge in [0.1, 0.15) is 5.75 Å². The molecule has 1 unspecified atom stereocenters. The molecule has 0 fully saturated rings. The fourth-order valence-corrected chi connectivity index (χ4v) is 3.83. The van der Waals surface area contributed by atoms with Crippen molar-refractivity contribution in [3.05, 3.63) is 51.2 Å². The van der Waals surface area contributed by atoms with E-state index >= 15 is 0 Å². The molecule has 2 rings (SSSR count). The van der Waals surface area contributed by atoms with Crippen LogP contribution in [0.2, 0.25) is 0 Å². The summed E-state index contributed by atoms with van der Waals surface area (Å²) in [6.07, 6.45) is 1.10. The summed E-state index contributed by atoms with van der Waals surface area (Å²) in [5.41, 5.74) is 2.56. The summed E-state index contributed by atoms with van der Waals surface area (Å²) in [7, 11) is 1.70. The zero-order valence-corrected chi connectivity index (χ0v) is 13.3. The van der Waals surface area contributed by atoms with Crippen molar-refractivity contribution in [1.82, 2.24) is 0 Å². The summed E-state index contributed by atoms with van der Waals surface area (Å²) in [5.74, 6) is 0.913. The molecule has 0 aliphatic carbocycles. The molecule has 0 radical (unpaired) electrons. The Morgan fingerprint density at radius 2 is 2.06 bits per heavy atom. The van der Waals surface area contributed by atoms with Crippen LogP contribution in [0.5, 0.6) is 5.75 Å². The second kappa shape index (κ2) is 5.89. The molecule has 18 heavy (non-hydrogen) atoms. The molecule has 1 heterocycles. The number of alkyl halides is 1. The Bertz CT molecular complexity index is 533. The van der Waals surface area contributed by atoms with Crippen molar-refractivity contribution in [3.63, 3.8) is 0 Å². The second-order valence-electron chi connectivity index (χ2n) is 4.24. The fraction of sp³-hybridized carbons (Fsp3) is 0.333. The van der Waals surface area contributed by atoms with Crippen LogP contribution in [0.25, 0.3) is 0 Å². The van der Waals surface area contributed by atoms with Gasteiger partial charge in [-0.25, -0.2) is 0 Å². The first-order valence-electron chi connectivity index (χ1n) is 6.03. The number of hydrogen-bond acceptors (Lipinski definition) is 2. The lowest BCUT2D eigenvalue weighted by Gasteiger charge is -2.12. The lowest BCUT2D eigenvalue weighted by molar-refractivity contribution is 0.414. The van der Waals surface area contributed by atoms with E-state index in [4.69, 9.17) is 4.74 Å². The number of hydrogen-bond donors (Lipinski definition) is 0. The van der Waals surface area contributed by atoms with Crippen molar-refractivity contribution < 1.29 is 4.74 Å². The topological polar surface area (TPSA) is 9.23 Å². The quantitative estimate of drug-likeness (QED) is 0.710. The third kappa shape index (κ3) is 2.78. The molecule has 2 aromatic rings. The second-order valence-corrected chi connectivity index (χ2v) is 6.36. The van der Waals surface area contributed by atoms with Crippen LogP contribution in [0.15, 0.2) is 30.3 Å². The minimum atomic E-state index is 0.272. The maximum atomic E-state index is 5.24. The lowest BCUT2D eigenvalue weighted by atomic mass is 10.0.